The number of nitrogens with zero attached hydrogens (tertiary/aromatic N) is 1. The van der Waals surface area contributed by atoms with Gasteiger partial charge in [0.05, 0.1) is 11.9 Å². The van der Waals surface area contributed by atoms with Gasteiger partial charge in [-0.25, -0.2) is 12.7 Å². The summed E-state index contributed by atoms with van der Waals surface area (Å²) in [6.45, 7) is 6.94. The second-order valence-corrected chi connectivity index (χ2v) is 7.88. The Morgan fingerprint density at radius 3 is 2.59 bits per heavy atom. The fraction of sp³-hybridized carbons (Fsp3) is 1.00. The number of rotatable bonds is 4. The molecule has 17 heavy (non-hydrogen) atoms. The minimum Gasteiger partial charge on any atom is -0.383 e. The second-order valence-electron chi connectivity index (χ2n) is 5.53. The lowest BCUT2D eigenvalue weighted by molar-refractivity contribution is 0.150. The van der Waals surface area contributed by atoms with Crippen LogP contribution in [0.2, 0.25) is 0 Å². The van der Waals surface area contributed by atoms with Crippen molar-refractivity contribution in [3.05, 3.63) is 0 Å². The molecule has 2 atom stereocenters. The second kappa shape index (κ2) is 5.22. The highest BCUT2D eigenvalue weighted by atomic mass is 32.2. The van der Waals surface area contributed by atoms with Crippen LogP contribution in [-0.4, -0.2) is 50.8 Å². The summed E-state index contributed by atoms with van der Waals surface area (Å²) < 4.78 is 31.0. The monoisotopic (exact) mass is 264 g/mol. The van der Waals surface area contributed by atoms with Gasteiger partial charge in [-0.15, -0.1) is 0 Å². The van der Waals surface area contributed by atoms with E-state index >= 15 is 0 Å². The molecule has 6 heteroatoms. The van der Waals surface area contributed by atoms with Crippen LogP contribution >= 0.6 is 0 Å². The summed E-state index contributed by atoms with van der Waals surface area (Å²) in [6.07, 6.45) is 0.714. The number of hydrogen-bond donors (Lipinski definition) is 1. The zero-order valence-corrected chi connectivity index (χ0v) is 12.0. The predicted octanol–water partition coefficient (Wildman–Crippen LogP) is 0.410. The molecule has 2 unspecified atom stereocenters. The maximum Gasteiger partial charge on any atom is 0.219 e. The summed E-state index contributed by atoms with van der Waals surface area (Å²) in [4.78, 5) is 0. The molecule has 0 aliphatic carbocycles. The smallest absolute Gasteiger partial charge is 0.219 e. The number of piperidine rings is 1. The molecule has 1 aliphatic rings. The fourth-order valence-corrected chi connectivity index (χ4v) is 3.81. The zero-order chi connectivity index (χ0) is 13.3. The van der Waals surface area contributed by atoms with Gasteiger partial charge in [0.2, 0.25) is 10.0 Å². The molecule has 0 bridgehead atoms. The highest BCUT2D eigenvalue weighted by Gasteiger charge is 2.39. The molecule has 1 saturated heterocycles. The third-order valence-electron chi connectivity index (χ3n) is 3.55. The molecule has 0 amide bonds. The zero-order valence-electron chi connectivity index (χ0n) is 11.1. The van der Waals surface area contributed by atoms with Gasteiger partial charge in [0.15, 0.2) is 0 Å². The van der Waals surface area contributed by atoms with E-state index in [0.717, 1.165) is 0 Å². The molecule has 102 valence electrons. The fourth-order valence-electron chi connectivity index (χ4n) is 2.12. The van der Waals surface area contributed by atoms with E-state index in [0.29, 0.717) is 19.5 Å². The van der Waals surface area contributed by atoms with Crippen molar-refractivity contribution in [1.82, 2.24) is 4.31 Å². The van der Waals surface area contributed by atoms with Gasteiger partial charge in [0.25, 0.3) is 0 Å². The topological polar surface area (TPSA) is 72.6 Å². The van der Waals surface area contributed by atoms with Crippen LogP contribution in [0.25, 0.3) is 0 Å². The van der Waals surface area contributed by atoms with Gasteiger partial charge in [0, 0.05) is 26.2 Å². The lowest BCUT2D eigenvalue weighted by Crippen LogP contribution is -2.55. The van der Waals surface area contributed by atoms with E-state index in [2.05, 4.69) is 0 Å². The van der Waals surface area contributed by atoms with E-state index in [1.807, 2.05) is 13.8 Å². The van der Waals surface area contributed by atoms with E-state index < -0.39 is 15.3 Å². The highest BCUT2D eigenvalue weighted by Crippen LogP contribution is 2.30. The Bertz CT molecular complexity index is 354. The van der Waals surface area contributed by atoms with Gasteiger partial charge >= 0.3 is 0 Å². The predicted molar refractivity (Wildman–Crippen MR) is 68.2 cm³/mol. The Kier molecular flexibility index (Phi) is 4.57. The van der Waals surface area contributed by atoms with Gasteiger partial charge in [-0.1, -0.05) is 13.8 Å². The third kappa shape index (κ3) is 3.19. The van der Waals surface area contributed by atoms with E-state index in [1.54, 1.807) is 11.2 Å². The maximum atomic E-state index is 12.3. The standard InChI is InChI=1S/C11H24N2O3S/c1-9(7-16-4)17(14,15)13-6-5-10(12)11(2,3)8-13/h9-10H,5-8,12H2,1-4H3. The van der Waals surface area contributed by atoms with Gasteiger partial charge < -0.3 is 10.5 Å². The molecule has 0 aromatic heterocycles. The van der Waals surface area contributed by atoms with Crippen molar-refractivity contribution in [2.24, 2.45) is 11.1 Å². The first kappa shape index (κ1) is 14.9. The molecular formula is C11H24N2O3S. The van der Waals surface area contributed by atoms with Crippen molar-refractivity contribution < 1.29 is 13.2 Å². The van der Waals surface area contributed by atoms with Crippen LogP contribution in [0.3, 0.4) is 0 Å². The quantitative estimate of drug-likeness (QED) is 0.798. The van der Waals surface area contributed by atoms with Crippen molar-refractivity contribution in [2.75, 3.05) is 26.8 Å². The number of hydrogen-bond acceptors (Lipinski definition) is 4. The van der Waals surface area contributed by atoms with E-state index in [-0.39, 0.29) is 18.1 Å². The first-order chi connectivity index (χ1) is 7.71. The highest BCUT2D eigenvalue weighted by molar-refractivity contribution is 7.89. The molecule has 2 N–H and O–H groups in total. The Morgan fingerprint density at radius 1 is 1.53 bits per heavy atom. The summed E-state index contributed by atoms with van der Waals surface area (Å²) in [5.41, 5.74) is 5.84. The van der Waals surface area contributed by atoms with Crippen LogP contribution in [0.5, 0.6) is 0 Å². The molecule has 5 nitrogen and oxygen atoms in total. The van der Waals surface area contributed by atoms with Crippen molar-refractivity contribution in [3.8, 4) is 0 Å². The molecule has 0 aromatic rings. The van der Waals surface area contributed by atoms with Crippen LogP contribution in [0.15, 0.2) is 0 Å². The summed E-state index contributed by atoms with van der Waals surface area (Å²) >= 11 is 0. The molecule has 0 radical (unpaired) electrons. The Labute approximate surface area is 104 Å². The van der Waals surface area contributed by atoms with Crippen LogP contribution in [-0.2, 0) is 14.8 Å². The largest absolute Gasteiger partial charge is 0.383 e. The van der Waals surface area contributed by atoms with Crippen LogP contribution in [0.4, 0.5) is 0 Å². The Hall–Kier alpha value is -0.170. The molecule has 0 aromatic carbocycles. The Morgan fingerprint density at radius 2 is 2.12 bits per heavy atom. The minimum absolute atomic E-state index is 0.0617. The van der Waals surface area contributed by atoms with Crippen molar-refractivity contribution >= 4 is 10.0 Å². The van der Waals surface area contributed by atoms with Crippen LogP contribution < -0.4 is 5.73 Å². The molecule has 1 aliphatic heterocycles. The summed E-state index contributed by atoms with van der Waals surface area (Å²) in [7, 11) is -1.75. The van der Waals surface area contributed by atoms with Gasteiger partial charge in [0.1, 0.15) is 0 Å². The third-order valence-corrected chi connectivity index (χ3v) is 5.73. The lowest BCUT2D eigenvalue weighted by atomic mass is 9.81. The molecule has 0 saturated carbocycles. The number of methoxy groups -OCH3 is 1. The summed E-state index contributed by atoms with van der Waals surface area (Å²) in [5, 5.41) is -0.502. The molecular weight excluding hydrogens is 240 g/mol. The lowest BCUT2D eigenvalue weighted by Gasteiger charge is -2.42. The summed E-state index contributed by atoms with van der Waals surface area (Å²) in [5.74, 6) is 0. The van der Waals surface area contributed by atoms with Gasteiger partial charge in [-0.05, 0) is 18.8 Å². The summed E-state index contributed by atoms with van der Waals surface area (Å²) in [6, 6.07) is 0.0617. The molecule has 1 fully saturated rings. The average molecular weight is 264 g/mol. The SMILES string of the molecule is COCC(C)S(=O)(=O)N1CCC(N)C(C)(C)C1. The van der Waals surface area contributed by atoms with Gasteiger partial charge in [-0.3, -0.25) is 0 Å². The number of nitrogens with two attached hydrogens (primary N) is 1. The first-order valence-corrected chi connectivity index (χ1v) is 7.45. The van der Waals surface area contributed by atoms with E-state index in [1.165, 1.54) is 7.11 Å². The molecule has 0 spiro atoms. The van der Waals surface area contributed by atoms with Crippen LogP contribution in [0, 0.1) is 5.41 Å². The first-order valence-electron chi connectivity index (χ1n) is 5.95. The van der Waals surface area contributed by atoms with E-state index in [4.69, 9.17) is 10.5 Å². The minimum atomic E-state index is -3.27. The van der Waals surface area contributed by atoms with Gasteiger partial charge in [-0.2, -0.15) is 0 Å². The Balaban J connectivity index is 2.81. The average Bonchev–Trinajstić information content (AvgIpc) is 2.22. The molecule has 1 rings (SSSR count). The number of sulfonamides is 1. The number of ether oxygens (including phenoxy) is 1. The van der Waals surface area contributed by atoms with Crippen molar-refractivity contribution in [2.45, 2.75) is 38.5 Å². The maximum absolute atomic E-state index is 12.3. The van der Waals surface area contributed by atoms with Crippen LogP contribution in [0.1, 0.15) is 27.2 Å². The molecule has 1 heterocycles. The van der Waals surface area contributed by atoms with Crippen molar-refractivity contribution in [1.29, 1.82) is 0 Å². The van der Waals surface area contributed by atoms with Crippen molar-refractivity contribution in [3.63, 3.8) is 0 Å². The normalized spacial score (nSPS) is 27.9. The van der Waals surface area contributed by atoms with E-state index in [9.17, 15) is 8.42 Å².